The minimum Gasteiger partial charge on any atom is -0.370 e. The van der Waals surface area contributed by atoms with Crippen molar-refractivity contribution in [2.75, 3.05) is 19.7 Å². The molecule has 0 atom stereocenters. The maximum absolute atomic E-state index is 6.16. The summed E-state index contributed by atoms with van der Waals surface area (Å²) in [4.78, 5) is 2.54. The van der Waals surface area contributed by atoms with Crippen LogP contribution in [0.4, 0.5) is 0 Å². The Hall–Kier alpha value is -0.860. The number of hydrogen-bond acceptors (Lipinski definition) is 2. The standard InChI is InChI=1S/C16H25NO/c1-4-18-16(15-8-6-5-7-9-15)10-12-17(13-11-16)14(2)3/h5-9,14H,4,10-13H2,1-3H3. The highest BCUT2D eigenvalue weighted by Crippen LogP contribution is 2.37. The predicted octanol–water partition coefficient (Wildman–Crippen LogP) is 3.42. The molecule has 0 spiro atoms. The Morgan fingerprint density at radius 3 is 2.28 bits per heavy atom. The minimum absolute atomic E-state index is 0.0542. The van der Waals surface area contributed by atoms with E-state index in [1.807, 2.05) is 0 Å². The molecule has 0 aliphatic carbocycles. The van der Waals surface area contributed by atoms with Gasteiger partial charge in [0.15, 0.2) is 0 Å². The van der Waals surface area contributed by atoms with Crippen molar-refractivity contribution in [1.29, 1.82) is 0 Å². The van der Waals surface area contributed by atoms with Gasteiger partial charge in [0.1, 0.15) is 0 Å². The van der Waals surface area contributed by atoms with Crippen LogP contribution in [-0.4, -0.2) is 30.6 Å². The van der Waals surface area contributed by atoms with Gasteiger partial charge in [0.2, 0.25) is 0 Å². The molecule has 0 saturated carbocycles. The van der Waals surface area contributed by atoms with Gasteiger partial charge < -0.3 is 9.64 Å². The van der Waals surface area contributed by atoms with Crippen LogP contribution in [0.1, 0.15) is 39.2 Å². The van der Waals surface area contributed by atoms with E-state index in [9.17, 15) is 0 Å². The molecule has 0 amide bonds. The lowest BCUT2D eigenvalue weighted by molar-refractivity contribution is -0.0886. The predicted molar refractivity (Wildman–Crippen MR) is 75.7 cm³/mol. The first-order chi connectivity index (χ1) is 8.68. The zero-order chi connectivity index (χ0) is 13.0. The number of piperidine rings is 1. The topological polar surface area (TPSA) is 12.5 Å². The molecule has 2 heteroatoms. The van der Waals surface area contributed by atoms with Gasteiger partial charge in [0.25, 0.3) is 0 Å². The Kier molecular flexibility index (Phi) is 4.41. The quantitative estimate of drug-likeness (QED) is 0.808. The Bertz CT molecular complexity index is 353. The van der Waals surface area contributed by atoms with Crippen LogP contribution >= 0.6 is 0 Å². The van der Waals surface area contributed by atoms with Gasteiger partial charge in [-0.15, -0.1) is 0 Å². The van der Waals surface area contributed by atoms with Gasteiger partial charge >= 0.3 is 0 Å². The molecule has 100 valence electrons. The molecule has 0 unspecified atom stereocenters. The molecule has 2 nitrogen and oxygen atoms in total. The molecule has 0 N–H and O–H groups in total. The third-order valence-corrected chi connectivity index (χ3v) is 4.06. The summed E-state index contributed by atoms with van der Waals surface area (Å²) in [6, 6.07) is 11.4. The van der Waals surface area contributed by atoms with Gasteiger partial charge in [-0.1, -0.05) is 30.3 Å². The smallest absolute Gasteiger partial charge is 0.0955 e. The zero-order valence-electron chi connectivity index (χ0n) is 11.9. The number of ether oxygens (including phenoxy) is 1. The Morgan fingerprint density at radius 2 is 1.78 bits per heavy atom. The van der Waals surface area contributed by atoms with Crippen molar-refractivity contribution in [3.63, 3.8) is 0 Å². The average Bonchev–Trinajstić information content (AvgIpc) is 2.40. The molecule has 1 aliphatic heterocycles. The Balaban J connectivity index is 2.15. The van der Waals surface area contributed by atoms with E-state index in [0.717, 1.165) is 32.5 Å². The lowest BCUT2D eigenvalue weighted by Crippen LogP contribution is -2.46. The maximum Gasteiger partial charge on any atom is 0.0955 e. The summed E-state index contributed by atoms with van der Waals surface area (Å²) in [5.74, 6) is 0. The van der Waals surface area contributed by atoms with Gasteiger partial charge in [-0.05, 0) is 39.2 Å². The molecular weight excluding hydrogens is 222 g/mol. The van der Waals surface area contributed by atoms with E-state index in [-0.39, 0.29) is 5.60 Å². The Morgan fingerprint density at radius 1 is 1.17 bits per heavy atom. The molecule has 0 radical (unpaired) electrons. The van der Waals surface area contributed by atoms with E-state index >= 15 is 0 Å². The first kappa shape index (κ1) is 13.6. The van der Waals surface area contributed by atoms with E-state index in [2.05, 4.69) is 56.0 Å². The number of likely N-dealkylation sites (tertiary alicyclic amines) is 1. The van der Waals surface area contributed by atoms with Gasteiger partial charge in [-0.25, -0.2) is 0 Å². The van der Waals surface area contributed by atoms with Gasteiger partial charge in [-0.2, -0.15) is 0 Å². The highest BCUT2D eigenvalue weighted by Gasteiger charge is 2.37. The van der Waals surface area contributed by atoms with Crippen molar-refractivity contribution in [1.82, 2.24) is 4.90 Å². The molecular formula is C16H25NO. The molecule has 1 heterocycles. The van der Waals surface area contributed by atoms with Crippen LogP contribution in [-0.2, 0) is 10.3 Å². The van der Waals surface area contributed by atoms with E-state index in [1.165, 1.54) is 5.56 Å². The summed E-state index contributed by atoms with van der Waals surface area (Å²) in [6.45, 7) is 9.70. The molecule has 1 aromatic rings. The monoisotopic (exact) mass is 247 g/mol. The van der Waals surface area contributed by atoms with Crippen LogP contribution in [0, 0.1) is 0 Å². The van der Waals surface area contributed by atoms with E-state index in [4.69, 9.17) is 4.74 Å². The number of nitrogens with zero attached hydrogens (tertiary/aromatic N) is 1. The maximum atomic E-state index is 6.16. The molecule has 1 fully saturated rings. The second-order valence-electron chi connectivity index (χ2n) is 5.42. The molecule has 1 aliphatic rings. The highest BCUT2D eigenvalue weighted by atomic mass is 16.5. The van der Waals surface area contributed by atoms with Crippen LogP contribution in [0.2, 0.25) is 0 Å². The molecule has 18 heavy (non-hydrogen) atoms. The third kappa shape index (κ3) is 2.76. The zero-order valence-corrected chi connectivity index (χ0v) is 11.9. The molecule has 2 rings (SSSR count). The summed E-state index contributed by atoms with van der Waals surface area (Å²) in [7, 11) is 0. The minimum atomic E-state index is -0.0542. The first-order valence-corrected chi connectivity index (χ1v) is 7.11. The number of hydrogen-bond donors (Lipinski definition) is 0. The fourth-order valence-electron chi connectivity index (χ4n) is 2.94. The molecule has 1 aromatic carbocycles. The van der Waals surface area contributed by atoms with Crippen LogP contribution in [0.3, 0.4) is 0 Å². The van der Waals surface area contributed by atoms with Crippen molar-refractivity contribution in [3.8, 4) is 0 Å². The summed E-state index contributed by atoms with van der Waals surface area (Å²) in [6.07, 6.45) is 2.20. The fraction of sp³-hybridized carbons (Fsp3) is 0.625. The molecule has 0 bridgehead atoms. The lowest BCUT2D eigenvalue weighted by atomic mass is 9.83. The van der Waals surface area contributed by atoms with Gasteiger partial charge in [-0.3, -0.25) is 0 Å². The number of rotatable bonds is 4. The first-order valence-electron chi connectivity index (χ1n) is 7.11. The van der Waals surface area contributed by atoms with Crippen molar-refractivity contribution < 1.29 is 4.74 Å². The normalized spacial score (nSPS) is 20.2. The van der Waals surface area contributed by atoms with Crippen LogP contribution < -0.4 is 0 Å². The van der Waals surface area contributed by atoms with E-state index in [1.54, 1.807) is 0 Å². The van der Waals surface area contributed by atoms with Crippen LogP contribution in [0.5, 0.6) is 0 Å². The fourth-order valence-corrected chi connectivity index (χ4v) is 2.94. The van der Waals surface area contributed by atoms with Crippen LogP contribution in [0.15, 0.2) is 30.3 Å². The third-order valence-electron chi connectivity index (χ3n) is 4.06. The number of benzene rings is 1. The van der Waals surface area contributed by atoms with Crippen molar-refractivity contribution in [2.24, 2.45) is 0 Å². The van der Waals surface area contributed by atoms with E-state index < -0.39 is 0 Å². The van der Waals surface area contributed by atoms with E-state index in [0.29, 0.717) is 6.04 Å². The summed E-state index contributed by atoms with van der Waals surface area (Å²) in [5, 5.41) is 0. The lowest BCUT2D eigenvalue weighted by Gasteiger charge is -2.43. The van der Waals surface area contributed by atoms with Crippen LogP contribution in [0.25, 0.3) is 0 Å². The van der Waals surface area contributed by atoms with Crippen molar-refractivity contribution in [2.45, 2.75) is 45.3 Å². The largest absolute Gasteiger partial charge is 0.370 e. The van der Waals surface area contributed by atoms with Gasteiger partial charge in [0.05, 0.1) is 5.60 Å². The van der Waals surface area contributed by atoms with Crippen molar-refractivity contribution in [3.05, 3.63) is 35.9 Å². The summed E-state index contributed by atoms with van der Waals surface area (Å²) >= 11 is 0. The SMILES string of the molecule is CCOC1(c2ccccc2)CCN(C(C)C)CC1. The second kappa shape index (κ2) is 5.85. The Labute approximate surface area is 111 Å². The molecule has 1 saturated heterocycles. The summed E-state index contributed by atoms with van der Waals surface area (Å²) in [5.41, 5.74) is 1.29. The average molecular weight is 247 g/mol. The highest BCUT2D eigenvalue weighted by molar-refractivity contribution is 5.23. The second-order valence-corrected chi connectivity index (χ2v) is 5.42. The molecule has 0 aromatic heterocycles. The summed E-state index contributed by atoms with van der Waals surface area (Å²) < 4.78 is 6.16. The van der Waals surface area contributed by atoms with Crippen molar-refractivity contribution >= 4 is 0 Å². The van der Waals surface area contributed by atoms with Gasteiger partial charge in [0, 0.05) is 25.7 Å².